The van der Waals surface area contributed by atoms with Crippen LogP contribution in [0.25, 0.3) is 10.9 Å². The molecule has 10 nitrogen and oxygen atoms in total. The lowest BCUT2D eigenvalue weighted by atomic mass is 9.94. The van der Waals surface area contributed by atoms with E-state index in [0.717, 1.165) is 16.5 Å². The summed E-state index contributed by atoms with van der Waals surface area (Å²) in [5, 5.41) is 16.2. The average Bonchev–Trinajstić information content (AvgIpc) is 3.56. The van der Waals surface area contributed by atoms with Crippen molar-refractivity contribution in [2.45, 2.75) is 84.0 Å². The van der Waals surface area contributed by atoms with Gasteiger partial charge in [-0.05, 0) is 42.7 Å². The van der Waals surface area contributed by atoms with E-state index in [9.17, 15) is 24.3 Å². The predicted octanol–water partition coefficient (Wildman–Crippen LogP) is 2.18. The number of amides is 3. The van der Waals surface area contributed by atoms with Gasteiger partial charge in [0.25, 0.3) is 0 Å². The number of aromatic amines is 1. The minimum absolute atomic E-state index is 0.217. The molecule has 6 atom stereocenters. The van der Waals surface area contributed by atoms with Crippen molar-refractivity contribution in [3.63, 3.8) is 0 Å². The van der Waals surface area contributed by atoms with E-state index in [0.29, 0.717) is 38.6 Å². The van der Waals surface area contributed by atoms with Crippen molar-refractivity contribution >= 4 is 34.6 Å². The normalized spacial score (nSPS) is 19.4. The Bertz CT molecular complexity index is 1150. The summed E-state index contributed by atoms with van der Waals surface area (Å²) in [7, 11) is 0. The van der Waals surface area contributed by atoms with E-state index in [2.05, 4.69) is 15.6 Å². The largest absolute Gasteiger partial charge is 0.480 e. The van der Waals surface area contributed by atoms with Gasteiger partial charge in [-0.15, -0.1) is 0 Å². The van der Waals surface area contributed by atoms with Crippen LogP contribution in [0.4, 0.5) is 0 Å². The van der Waals surface area contributed by atoms with Gasteiger partial charge in [0.15, 0.2) is 0 Å². The fourth-order valence-electron chi connectivity index (χ4n) is 4.98. The molecule has 0 spiro atoms. The maximum absolute atomic E-state index is 13.5. The number of carbonyl (C=O) groups excluding carboxylic acids is 3. The molecule has 1 fully saturated rings. The van der Waals surface area contributed by atoms with Crippen LogP contribution in [0, 0.1) is 11.8 Å². The molecule has 3 rings (SSSR count). The molecule has 6 unspecified atom stereocenters. The lowest BCUT2D eigenvalue weighted by Crippen LogP contribution is -2.60. The number of aliphatic carboxylic acids is 1. The van der Waals surface area contributed by atoms with Gasteiger partial charge in [-0.2, -0.15) is 0 Å². The molecule has 0 aliphatic carbocycles. The van der Waals surface area contributed by atoms with Gasteiger partial charge >= 0.3 is 5.97 Å². The molecule has 0 radical (unpaired) electrons. The number of fused-ring (bicyclic) bond motifs is 1. The number of para-hydroxylation sites is 1. The molecule has 1 saturated heterocycles. The molecule has 208 valence electrons. The zero-order chi connectivity index (χ0) is 28.0. The van der Waals surface area contributed by atoms with Gasteiger partial charge in [-0.1, -0.05) is 58.7 Å². The Kier molecular flexibility index (Phi) is 9.90. The molecule has 10 heteroatoms. The van der Waals surface area contributed by atoms with Crippen molar-refractivity contribution in [1.29, 1.82) is 0 Å². The van der Waals surface area contributed by atoms with Crippen molar-refractivity contribution < 1.29 is 24.3 Å². The highest BCUT2D eigenvalue weighted by molar-refractivity contribution is 5.95. The third-order valence-electron chi connectivity index (χ3n) is 7.84. The van der Waals surface area contributed by atoms with Crippen molar-refractivity contribution in [1.82, 2.24) is 20.5 Å². The van der Waals surface area contributed by atoms with Gasteiger partial charge in [0.05, 0.1) is 6.04 Å². The Hall–Kier alpha value is -3.40. The maximum Gasteiger partial charge on any atom is 0.326 e. The monoisotopic (exact) mass is 527 g/mol. The second kappa shape index (κ2) is 12.9. The Morgan fingerprint density at radius 3 is 2.34 bits per heavy atom. The molecule has 0 bridgehead atoms. The number of likely N-dealkylation sites (tertiary alicyclic amines) is 1. The van der Waals surface area contributed by atoms with Crippen molar-refractivity contribution in [3.05, 3.63) is 36.0 Å². The molecular weight excluding hydrogens is 486 g/mol. The van der Waals surface area contributed by atoms with Crippen LogP contribution in [0.3, 0.4) is 0 Å². The number of benzene rings is 1. The van der Waals surface area contributed by atoms with Crippen LogP contribution in [0.1, 0.15) is 58.9 Å². The molecule has 2 aromatic rings. The molecule has 2 heterocycles. The summed E-state index contributed by atoms with van der Waals surface area (Å²) in [4.78, 5) is 56.2. The van der Waals surface area contributed by atoms with Crippen LogP contribution in [0.15, 0.2) is 30.5 Å². The molecule has 1 aromatic carbocycles. The number of rotatable bonds is 12. The van der Waals surface area contributed by atoms with Crippen LogP contribution < -0.4 is 16.4 Å². The van der Waals surface area contributed by atoms with Gasteiger partial charge in [0.1, 0.15) is 18.1 Å². The van der Waals surface area contributed by atoms with Gasteiger partial charge in [-0.25, -0.2) is 4.79 Å². The van der Waals surface area contributed by atoms with E-state index < -0.39 is 47.9 Å². The number of carboxylic acids is 1. The number of aromatic nitrogens is 1. The third kappa shape index (κ3) is 6.53. The quantitative estimate of drug-likeness (QED) is 0.285. The second-order valence-corrected chi connectivity index (χ2v) is 10.4. The lowest BCUT2D eigenvalue weighted by Gasteiger charge is -2.32. The molecular formula is C28H41N5O5. The smallest absolute Gasteiger partial charge is 0.326 e. The van der Waals surface area contributed by atoms with Crippen molar-refractivity contribution in [2.24, 2.45) is 17.6 Å². The van der Waals surface area contributed by atoms with E-state index in [1.165, 1.54) is 4.90 Å². The Balaban J connectivity index is 1.73. The van der Waals surface area contributed by atoms with E-state index in [-0.39, 0.29) is 11.8 Å². The Morgan fingerprint density at radius 2 is 1.68 bits per heavy atom. The summed E-state index contributed by atoms with van der Waals surface area (Å²) < 4.78 is 0. The van der Waals surface area contributed by atoms with Crippen LogP contribution in [-0.4, -0.2) is 69.4 Å². The van der Waals surface area contributed by atoms with Gasteiger partial charge in [-0.3, -0.25) is 14.4 Å². The molecule has 3 amide bonds. The molecule has 6 N–H and O–H groups in total. The van der Waals surface area contributed by atoms with E-state index in [4.69, 9.17) is 5.73 Å². The zero-order valence-corrected chi connectivity index (χ0v) is 22.7. The first-order valence-electron chi connectivity index (χ1n) is 13.5. The van der Waals surface area contributed by atoms with Crippen LogP contribution in [0.2, 0.25) is 0 Å². The molecule has 38 heavy (non-hydrogen) atoms. The van der Waals surface area contributed by atoms with Crippen LogP contribution in [0.5, 0.6) is 0 Å². The number of carboxylic acid groups (broad SMARTS) is 1. The number of nitrogens with zero attached hydrogens (tertiary/aromatic N) is 1. The van der Waals surface area contributed by atoms with Crippen LogP contribution in [-0.2, 0) is 25.6 Å². The summed E-state index contributed by atoms with van der Waals surface area (Å²) in [6, 6.07) is 4.20. The number of nitrogens with two attached hydrogens (primary N) is 1. The van der Waals surface area contributed by atoms with E-state index in [1.807, 2.05) is 58.2 Å². The summed E-state index contributed by atoms with van der Waals surface area (Å²) in [6.07, 6.45) is 4.35. The Morgan fingerprint density at radius 1 is 1.05 bits per heavy atom. The summed E-state index contributed by atoms with van der Waals surface area (Å²) in [5.41, 5.74) is 8.13. The number of hydrogen-bond donors (Lipinski definition) is 5. The summed E-state index contributed by atoms with van der Waals surface area (Å²) in [6.45, 7) is 7.88. The number of nitrogens with one attached hydrogen (secondary N) is 3. The lowest BCUT2D eigenvalue weighted by molar-refractivity contribution is -0.150. The highest BCUT2D eigenvalue weighted by atomic mass is 16.4. The SMILES string of the molecule is CCC(C)C(NC(=O)C(N)Cc1c[nH]c2ccccc12)C(=O)NC(C(=O)N1CCCC1C(=O)O)C(C)CC. The highest BCUT2D eigenvalue weighted by Gasteiger charge is 2.40. The molecule has 1 aliphatic heterocycles. The fourth-order valence-corrected chi connectivity index (χ4v) is 4.98. The second-order valence-electron chi connectivity index (χ2n) is 10.4. The van der Waals surface area contributed by atoms with Crippen LogP contribution >= 0.6 is 0 Å². The zero-order valence-electron chi connectivity index (χ0n) is 22.7. The van der Waals surface area contributed by atoms with E-state index in [1.54, 1.807) is 0 Å². The summed E-state index contributed by atoms with van der Waals surface area (Å²) >= 11 is 0. The standard InChI is InChI=1S/C28H41N5O5/c1-5-16(3)23(31-25(34)20(29)14-18-15-30-21-11-8-7-10-19(18)21)26(35)32-24(17(4)6-2)27(36)33-13-9-12-22(33)28(37)38/h7-8,10-11,15-17,20,22-24,30H,5-6,9,12-14,29H2,1-4H3,(H,31,34)(H,32,35)(H,37,38). The maximum atomic E-state index is 13.5. The Labute approximate surface area is 223 Å². The highest BCUT2D eigenvalue weighted by Crippen LogP contribution is 2.22. The van der Waals surface area contributed by atoms with Crippen molar-refractivity contribution in [2.75, 3.05) is 6.54 Å². The number of hydrogen-bond acceptors (Lipinski definition) is 5. The first kappa shape index (κ1) is 29.2. The molecule has 1 aromatic heterocycles. The number of H-pyrrole nitrogens is 1. The third-order valence-corrected chi connectivity index (χ3v) is 7.84. The first-order chi connectivity index (χ1) is 18.1. The number of carbonyl (C=O) groups is 4. The average molecular weight is 528 g/mol. The van der Waals surface area contributed by atoms with Gasteiger partial charge in [0, 0.05) is 23.6 Å². The van der Waals surface area contributed by atoms with Gasteiger partial charge in [0.2, 0.25) is 17.7 Å². The van der Waals surface area contributed by atoms with Crippen molar-refractivity contribution in [3.8, 4) is 0 Å². The fraction of sp³-hybridized carbons (Fsp3) is 0.571. The first-order valence-corrected chi connectivity index (χ1v) is 13.5. The van der Waals surface area contributed by atoms with Gasteiger partial charge < -0.3 is 31.4 Å². The predicted molar refractivity (Wildman–Crippen MR) is 145 cm³/mol. The van der Waals surface area contributed by atoms with E-state index >= 15 is 0 Å². The minimum Gasteiger partial charge on any atom is -0.480 e. The topological polar surface area (TPSA) is 158 Å². The summed E-state index contributed by atoms with van der Waals surface area (Å²) in [5.74, 6) is -2.81. The molecule has 0 saturated carbocycles. The minimum atomic E-state index is -1.04. The molecule has 1 aliphatic rings.